The summed E-state index contributed by atoms with van der Waals surface area (Å²) in [5, 5.41) is 9.29. The van der Waals surface area contributed by atoms with Crippen molar-refractivity contribution >= 4 is 11.8 Å². The molecule has 2 aromatic heterocycles. The maximum Gasteiger partial charge on any atom is 0.192 e. The van der Waals surface area contributed by atoms with Crippen LogP contribution in [0.25, 0.3) is 11.4 Å². The molecule has 0 saturated carbocycles. The summed E-state index contributed by atoms with van der Waals surface area (Å²) in [5.41, 5.74) is 1.81. The molecule has 6 heteroatoms. The number of hydrogen-bond donors (Lipinski definition) is 0. The number of rotatable bonds is 6. The molecular formula is C17H15FN4S. The zero-order valence-electron chi connectivity index (χ0n) is 12.4. The summed E-state index contributed by atoms with van der Waals surface area (Å²) in [5.74, 6) is 1.14. The number of benzene rings is 1. The van der Waals surface area contributed by atoms with Gasteiger partial charge in [-0.2, -0.15) is 0 Å². The van der Waals surface area contributed by atoms with Gasteiger partial charge in [0.1, 0.15) is 5.82 Å². The van der Waals surface area contributed by atoms with Crippen LogP contribution in [0.15, 0.2) is 66.5 Å². The smallest absolute Gasteiger partial charge is 0.192 e. The number of hydrogen-bond acceptors (Lipinski definition) is 4. The van der Waals surface area contributed by atoms with E-state index in [1.54, 1.807) is 36.2 Å². The molecule has 0 saturated heterocycles. The molecule has 3 rings (SSSR count). The average molecular weight is 326 g/mol. The number of allylic oxidation sites excluding steroid dienone is 1. The number of halogens is 1. The molecule has 0 aliphatic rings. The van der Waals surface area contributed by atoms with Crippen molar-refractivity contribution in [3.63, 3.8) is 0 Å². The van der Waals surface area contributed by atoms with Crippen LogP contribution >= 0.6 is 11.8 Å². The van der Waals surface area contributed by atoms with Gasteiger partial charge < -0.3 is 0 Å². The Labute approximate surface area is 138 Å². The Balaban J connectivity index is 1.86. The monoisotopic (exact) mass is 326 g/mol. The standard InChI is InChI=1S/C17H15FN4S/c1-2-11-22-16(13-6-8-14(18)9-7-13)20-21-17(22)23-12-15-5-3-4-10-19-15/h2-10H,1,11-12H2. The van der Waals surface area contributed by atoms with Crippen molar-refractivity contribution < 1.29 is 4.39 Å². The molecule has 0 unspecified atom stereocenters. The topological polar surface area (TPSA) is 43.6 Å². The first kappa shape index (κ1) is 15.4. The third-order valence-electron chi connectivity index (χ3n) is 3.21. The van der Waals surface area contributed by atoms with E-state index in [0.717, 1.165) is 16.4 Å². The fourth-order valence-electron chi connectivity index (χ4n) is 2.12. The molecule has 23 heavy (non-hydrogen) atoms. The lowest BCUT2D eigenvalue weighted by Crippen LogP contribution is -2.01. The van der Waals surface area contributed by atoms with E-state index in [9.17, 15) is 4.39 Å². The van der Waals surface area contributed by atoms with Crippen LogP contribution in [0.5, 0.6) is 0 Å². The van der Waals surface area contributed by atoms with Crippen molar-refractivity contribution in [2.45, 2.75) is 17.5 Å². The molecule has 4 nitrogen and oxygen atoms in total. The highest BCUT2D eigenvalue weighted by Crippen LogP contribution is 2.26. The van der Waals surface area contributed by atoms with E-state index in [-0.39, 0.29) is 5.82 Å². The molecule has 0 fully saturated rings. The van der Waals surface area contributed by atoms with Gasteiger partial charge in [0.2, 0.25) is 0 Å². The highest BCUT2D eigenvalue weighted by Gasteiger charge is 2.13. The van der Waals surface area contributed by atoms with E-state index in [1.807, 2.05) is 22.8 Å². The van der Waals surface area contributed by atoms with Gasteiger partial charge in [-0.05, 0) is 36.4 Å². The van der Waals surface area contributed by atoms with Gasteiger partial charge >= 0.3 is 0 Å². The predicted molar refractivity (Wildman–Crippen MR) is 89.4 cm³/mol. The van der Waals surface area contributed by atoms with Crippen molar-refractivity contribution in [1.82, 2.24) is 19.7 Å². The molecule has 0 bridgehead atoms. The molecule has 2 heterocycles. The van der Waals surface area contributed by atoms with Gasteiger partial charge in [-0.25, -0.2) is 4.39 Å². The summed E-state index contributed by atoms with van der Waals surface area (Å²) in [6.45, 7) is 4.37. The van der Waals surface area contributed by atoms with Crippen LogP contribution in [0.1, 0.15) is 5.69 Å². The Morgan fingerprint density at radius 3 is 2.65 bits per heavy atom. The summed E-state index contributed by atoms with van der Waals surface area (Å²) in [7, 11) is 0. The summed E-state index contributed by atoms with van der Waals surface area (Å²) < 4.78 is 15.1. The van der Waals surface area contributed by atoms with Crippen LogP contribution in [0.2, 0.25) is 0 Å². The highest BCUT2D eigenvalue weighted by molar-refractivity contribution is 7.98. The molecule has 0 spiro atoms. The number of thioether (sulfide) groups is 1. The van der Waals surface area contributed by atoms with E-state index in [2.05, 4.69) is 21.8 Å². The first-order valence-corrected chi connectivity index (χ1v) is 8.09. The largest absolute Gasteiger partial charge is 0.298 e. The molecule has 0 aliphatic carbocycles. The summed E-state index contributed by atoms with van der Waals surface area (Å²) in [6.07, 6.45) is 3.56. The fourth-order valence-corrected chi connectivity index (χ4v) is 2.99. The lowest BCUT2D eigenvalue weighted by molar-refractivity contribution is 0.628. The van der Waals surface area contributed by atoms with Crippen molar-refractivity contribution in [3.8, 4) is 11.4 Å². The minimum Gasteiger partial charge on any atom is -0.298 e. The number of aromatic nitrogens is 4. The van der Waals surface area contributed by atoms with E-state index >= 15 is 0 Å². The molecule has 0 aliphatic heterocycles. The van der Waals surface area contributed by atoms with Crippen molar-refractivity contribution in [2.75, 3.05) is 0 Å². The third-order valence-corrected chi connectivity index (χ3v) is 4.21. The van der Waals surface area contributed by atoms with E-state index < -0.39 is 0 Å². The second-order valence-electron chi connectivity index (χ2n) is 4.82. The molecule has 1 aromatic carbocycles. The van der Waals surface area contributed by atoms with E-state index in [1.165, 1.54) is 12.1 Å². The first-order chi connectivity index (χ1) is 11.3. The van der Waals surface area contributed by atoms with Crippen molar-refractivity contribution in [3.05, 3.63) is 72.8 Å². The molecule has 3 aromatic rings. The van der Waals surface area contributed by atoms with Crippen molar-refractivity contribution in [1.29, 1.82) is 0 Å². The summed E-state index contributed by atoms with van der Waals surface area (Å²) in [4.78, 5) is 4.30. The predicted octanol–water partition coefficient (Wildman–Crippen LogP) is 3.96. The van der Waals surface area contributed by atoms with Gasteiger partial charge in [-0.3, -0.25) is 9.55 Å². The Morgan fingerprint density at radius 2 is 1.96 bits per heavy atom. The van der Waals surface area contributed by atoms with Gasteiger partial charge in [-0.1, -0.05) is 23.9 Å². The quantitative estimate of drug-likeness (QED) is 0.508. The van der Waals surface area contributed by atoms with Gasteiger partial charge in [0.05, 0.1) is 5.69 Å². The van der Waals surface area contributed by atoms with Crippen LogP contribution in [-0.4, -0.2) is 19.7 Å². The van der Waals surface area contributed by atoms with Crippen LogP contribution < -0.4 is 0 Å². The van der Waals surface area contributed by atoms with Crippen LogP contribution in [0.3, 0.4) is 0 Å². The third kappa shape index (κ3) is 3.65. The molecule has 0 N–H and O–H groups in total. The molecule has 0 amide bonds. The first-order valence-electron chi connectivity index (χ1n) is 7.10. The average Bonchev–Trinajstić information content (AvgIpc) is 2.98. The van der Waals surface area contributed by atoms with E-state index in [0.29, 0.717) is 18.1 Å². The second kappa shape index (κ2) is 7.19. The van der Waals surface area contributed by atoms with Gasteiger partial charge in [0.15, 0.2) is 11.0 Å². The number of nitrogens with zero attached hydrogens (tertiary/aromatic N) is 4. The molecule has 116 valence electrons. The number of pyridine rings is 1. The van der Waals surface area contributed by atoms with Crippen LogP contribution in [0, 0.1) is 5.82 Å². The zero-order chi connectivity index (χ0) is 16.1. The fraction of sp³-hybridized carbons (Fsp3) is 0.118. The Bertz CT molecular complexity index is 784. The SMILES string of the molecule is C=CCn1c(SCc2ccccn2)nnc1-c1ccc(F)cc1. The van der Waals surface area contributed by atoms with Crippen molar-refractivity contribution in [2.24, 2.45) is 0 Å². The Kier molecular flexibility index (Phi) is 4.83. The zero-order valence-corrected chi connectivity index (χ0v) is 13.2. The van der Waals surface area contributed by atoms with Gasteiger partial charge in [0, 0.05) is 24.1 Å². The molecule has 0 radical (unpaired) electrons. The maximum atomic E-state index is 13.1. The lowest BCUT2D eigenvalue weighted by atomic mass is 10.2. The second-order valence-corrected chi connectivity index (χ2v) is 5.76. The van der Waals surface area contributed by atoms with Crippen LogP contribution in [0.4, 0.5) is 4.39 Å². The Morgan fingerprint density at radius 1 is 1.13 bits per heavy atom. The Hall–Kier alpha value is -2.47. The lowest BCUT2D eigenvalue weighted by Gasteiger charge is -2.07. The minimum atomic E-state index is -0.270. The minimum absolute atomic E-state index is 0.270. The highest BCUT2D eigenvalue weighted by atomic mass is 32.2. The summed E-state index contributed by atoms with van der Waals surface area (Å²) >= 11 is 1.56. The van der Waals surface area contributed by atoms with Gasteiger partial charge in [0.25, 0.3) is 0 Å². The normalized spacial score (nSPS) is 10.7. The molecule has 0 atom stereocenters. The van der Waals surface area contributed by atoms with Gasteiger partial charge in [-0.15, -0.1) is 16.8 Å². The molecular weight excluding hydrogens is 311 g/mol. The maximum absolute atomic E-state index is 13.1. The van der Waals surface area contributed by atoms with E-state index in [4.69, 9.17) is 0 Å². The summed E-state index contributed by atoms with van der Waals surface area (Å²) in [6, 6.07) is 12.1. The van der Waals surface area contributed by atoms with Crippen LogP contribution in [-0.2, 0) is 12.3 Å².